The molecule has 0 aliphatic carbocycles. The van der Waals surface area contributed by atoms with Crippen molar-refractivity contribution in [2.75, 3.05) is 0 Å². The molecule has 0 saturated carbocycles. The Labute approximate surface area is 189 Å². The van der Waals surface area contributed by atoms with Gasteiger partial charge in [-0.1, -0.05) is 36.4 Å². The van der Waals surface area contributed by atoms with E-state index in [-0.39, 0.29) is 17.8 Å². The first-order valence-corrected chi connectivity index (χ1v) is 10.1. The van der Waals surface area contributed by atoms with Gasteiger partial charge in [-0.15, -0.1) is 0 Å². The molecule has 0 aliphatic rings. The highest BCUT2D eigenvalue weighted by atomic mass is 16.2. The molecule has 1 atom stereocenters. The SMILES string of the molecule is NC(=O)C(=O)C(Cc1ccccc1)NC(=O)c1cccnc1-n1ccc(-c2ccccn2)n1. The Morgan fingerprint density at radius 3 is 2.36 bits per heavy atom. The zero-order chi connectivity index (χ0) is 23.2. The van der Waals surface area contributed by atoms with Crippen molar-refractivity contribution in [2.24, 2.45) is 5.73 Å². The van der Waals surface area contributed by atoms with Crippen molar-refractivity contribution < 1.29 is 14.4 Å². The summed E-state index contributed by atoms with van der Waals surface area (Å²) in [6.45, 7) is 0. The number of Topliss-reactive ketones (excluding diaryl/α,β-unsaturated/α-hetero) is 1. The van der Waals surface area contributed by atoms with Crippen LogP contribution in [-0.4, -0.2) is 43.4 Å². The fourth-order valence-electron chi connectivity index (χ4n) is 3.32. The lowest BCUT2D eigenvalue weighted by molar-refractivity contribution is -0.137. The summed E-state index contributed by atoms with van der Waals surface area (Å²) in [6, 6.07) is 18.3. The largest absolute Gasteiger partial charge is 0.363 e. The Balaban J connectivity index is 1.61. The minimum absolute atomic E-state index is 0.121. The van der Waals surface area contributed by atoms with Gasteiger partial charge in [0.05, 0.1) is 11.3 Å². The van der Waals surface area contributed by atoms with Crippen molar-refractivity contribution in [3.63, 3.8) is 0 Å². The molecule has 3 heterocycles. The third-order valence-corrected chi connectivity index (χ3v) is 4.91. The van der Waals surface area contributed by atoms with Crippen LogP contribution in [0, 0.1) is 0 Å². The number of nitrogens with zero attached hydrogens (tertiary/aromatic N) is 4. The van der Waals surface area contributed by atoms with Crippen molar-refractivity contribution >= 4 is 17.6 Å². The van der Waals surface area contributed by atoms with Gasteiger partial charge in [0.25, 0.3) is 11.8 Å². The molecule has 164 valence electrons. The number of primary amides is 1. The first-order valence-electron chi connectivity index (χ1n) is 10.1. The smallest absolute Gasteiger partial charge is 0.287 e. The van der Waals surface area contributed by atoms with Gasteiger partial charge in [0, 0.05) is 25.0 Å². The number of nitrogens with two attached hydrogens (primary N) is 1. The van der Waals surface area contributed by atoms with Gasteiger partial charge < -0.3 is 11.1 Å². The summed E-state index contributed by atoms with van der Waals surface area (Å²) in [7, 11) is 0. The number of pyridine rings is 2. The van der Waals surface area contributed by atoms with Gasteiger partial charge in [-0.25, -0.2) is 9.67 Å². The average molecular weight is 440 g/mol. The van der Waals surface area contributed by atoms with Crippen LogP contribution in [0.15, 0.2) is 85.3 Å². The van der Waals surface area contributed by atoms with Crippen LogP contribution in [0.2, 0.25) is 0 Å². The van der Waals surface area contributed by atoms with Crippen molar-refractivity contribution in [3.8, 4) is 17.2 Å². The van der Waals surface area contributed by atoms with Gasteiger partial charge in [0.1, 0.15) is 11.7 Å². The van der Waals surface area contributed by atoms with Crippen LogP contribution in [-0.2, 0) is 16.0 Å². The minimum Gasteiger partial charge on any atom is -0.363 e. The summed E-state index contributed by atoms with van der Waals surface area (Å²) in [6.07, 6.45) is 4.98. The second-order valence-corrected chi connectivity index (χ2v) is 7.18. The molecule has 4 rings (SSSR count). The van der Waals surface area contributed by atoms with Crippen LogP contribution < -0.4 is 11.1 Å². The lowest BCUT2D eigenvalue weighted by atomic mass is 10.0. The van der Waals surface area contributed by atoms with Crippen LogP contribution in [0.25, 0.3) is 17.2 Å². The highest BCUT2D eigenvalue weighted by molar-refractivity contribution is 6.38. The Morgan fingerprint density at radius 1 is 0.879 bits per heavy atom. The molecule has 33 heavy (non-hydrogen) atoms. The number of benzene rings is 1. The van der Waals surface area contributed by atoms with E-state index in [1.165, 1.54) is 10.9 Å². The normalized spacial score (nSPS) is 11.5. The van der Waals surface area contributed by atoms with Crippen molar-refractivity contribution in [1.29, 1.82) is 0 Å². The fourth-order valence-corrected chi connectivity index (χ4v) is 3.32. The predicted molar refractivity (Wildman–Crippen MR) is 120 cm³/mol. The number of nitrogens with one attached hydrogen (secondary N) is 1. The first-order chi connectivity index (χ1) is 16.0. The number of carbonyl (C=O) groups excluding carboxylic acids is 3. The number of amides is 2. The van der Waals surface area contributed by atoms with E-state index in [2.05, 4.69) is 20.4 Å². The van der Waals surface area contributed by atoms with Crippen molar-refractivity contribution in [2.45, 2.75) is 12.5 Å². The number of ketones is 1. The van der Waals surface area contributed by atoms with Gasteiger partial charge in [-0.2, -0.15) is 5.10 Å². The quantitative estimate of drug-likeness (QED) is 0.401. The third-order valence-electron chi connectivity index (χ3n) is 4.91. The Kier molecular flexibility index (Phi) is 6.31. The molecule has 0 saturated heterocycles. The lowest BCUT2D eigenvalue weighted by Gasteiger charge is -2.17. The van der Waals surface area contributed by atoms with E-state index in [0.29, 0.717) is 11.4 Å². The van der Waals surface area contributed by atoms with Crippen LogP contribution in [0.3, 0.4) is 0 Å². The Bertz CT molecular complexity index is 1290. The Morgan fingerprint density at radius 2 is 1.64 bits per heavy atom. The minimum atomic E-state index is -1.12. The topological polar surface area (TPSA) is 133 Å². The van der Waals surface area contributed by atoms with Crippen LogP contribution >= 0.6 is 0 Å². The number of hydrogen-bond acceptors (Lipinski definition) is 6. The molecule has 3 aromatic heterocycles. The van der Waals surface area contributed by atoms with Crippen LogP contribution in [0.4, 0.5) is 0 Å². The second-order valence-electron chi connectivity index (χ2n) is 7.18. The number of hydrogen-bond donors (Lipinski definition) is 2. The predicted octanol–water partition coefficient (Wildman–Crippen LogP) is 1.72. The molecule has 1 unspecified atom stereocenters. The van der Waals surface area contributed by atoms with Gasteiger partial charge >= 0.3 is 0 Å². The highest BCUT2D eigenvalue weighted by Crippen LogP contribution is 2.17. The third kappa shape index (κ3) is 4.99. The molecule has 0 radical (unpaired) electrons. The van der Waals surface area contributed by atoms with E-state index in [1.807, 2.05) is 18.2 Å². The van der Waals surface area contributed by atoms with Crippen molar-refractivity contribution in [3.05, 3.63) is 96.4 Å². The molecular weight excluding hydrogens is 420 g/mol. The fraction of sp³-hybridized carbons (Fsp3) is 0.0833. The molecule has 0 bridgehead atoms. The van der Waals surface area contributed by atoms with Gasteiger partial charge in [-0.05, 0) is 35.9 Å². The Hall–Kier alpha value is -4.66. The molecule has 4 aromatic rings. The molecule has 0 spiro atoms. The summed E-state index contributed by atoms with van der Waals surface area (Å²) >= 11 is 0. The van der Waals surface area contributed by atoms with E-state index in [4.69, 9.17) is 5.73 Å². The maximum absolute atomic E-state index is 13.1. The van der Waals surface area contributed by atoms with E-state index in [0.717, 1.165) is 5.56 Å². The van der Waals surface area contributed by atoms with Gasteiger partial charge in [0.15, 0.2) is 5.82 Å². The first kappa shape index (κ1) is 21.6. The molecule has 9 heteroatoms. The zero-order valence-electron chi connectivity index (χ0n) is 17.5. The highest BCUT2D eigenvalue weighted by Gasteiger charge is 2.27. The number of aromatic nitrogens is 4. The molecular formula is C24H20N6O3. The molecule has 9 nitrogen and oxygen atoms in total. The zero-order valence-corrected chi connectivity index (χ0v) is 17.5. The summed E-state index contributed by atoms with van der Waals surface area (Å²) in [5.41, 5.74) is 7.45. The average Bonchev–Trinajstić information content (AvgIpc) is 3.34. The van der Waals surface area contributed by atoms with E-state index >= 15 is 0 Å². The van der Waals surface area contributed by atoms with Crippen LogP contribution in [0.1, 0.15) is 15.9 Å². The number of rotatable bonds is 8. The molecule has 1 aromatic carbocycles. The standard InChI is InChI=1S/C24H20N6O3/c25-22(32)21(31)20(15-16-7-2-1-3-8-16)28-24(33)17-9-6-13-27-23(17)30-14-11-19(29-30)18-10-4-5-12-26-18/h1-14,20H,15H2,(H2,25,32)(H,28,33). The molecule has 0 fully saturated rings. The van der Waals surface area contributed by atoms with Crippen LogP contribution in [0.5, 0.6) is 0 Å². The molecule has 2 amide bonds. The summed E-state index contributed by atoms with van der Waals surface area (Å²) < 4.78 is 1.46. The summed E-state index contributed by atoms with van der Waals surface area (Å²) in [5.74, 6) is -2.31. The summed E-state index contributed by atoms with van der Waals surface area (Å²) in [5, 5.41) is 7.10. The maximum atomic E-state index is 13.1. The number of carbonyl (C=O) groups is 3. The van der Waals surface area contributed by atoms with E-state index in [1.54, 1.807) is 60.9 Å². The lowest BCUT2D eigenvalue weighted by Crippen LogP contribution is -2.47. The second kappa shape index (κ2) is 9.65. The van der Waals surface area contributed by atoms with Gasteiger partial charge in [-0.3, -0.25) is 19.4 Å². The molecule has 3 N–H and O–H groups in total. The molecule has 0 aliphatic heterocycles. The monoisotopic (exact) mass is 440 g/mol. The van der Waals surface area contributed by atoms with E-state index in [9.17, 15) is 14.4 Å². The van der Waals surface area contributed by atoms with Crippen molar-refractivity contribution in [1.82, 2.24) is 25.1 Å². The summed E-state index contributed by atoms with van der Waals surface area (Å²) in [4.78, 5) is 45.7. The van der Waals surface area contributed by atoms with E-state index < -0.39 is 23.6 Å². The maximum Gasteiger partial charge on any atom is 0.287 e. The van der Waals surface area contributed by atoms with Gasteiger partial charge in [0.2, 0.25) is 5.78 Å².